The molecule has 7 nitrogen and oxygen atoms in total. The second-order valence-electron chi connectivity index (χ2n) is 8.84. The number of phenols is 1. The number of ether oxygens (including phenoxy) is 1. The zero-order valence-electron chi connectivity index (χ0n) is 19.6. The lowest BCUT2D eigenvalue weighted by atomic mass is 9.96. The molecule has 1 fully saturated rings. The van der Waals surface area contributed by atoms with Crippen LogP contribution >= 0.6 is 0 Å². The number of fused-ring (bicyclic) bond motifs is 1. The molecule has 2 N–H and O–H groups in total. The van der Waals surface area contributed by atoms with Gasteiger partial charge in [0.15, 0.2) is 0 Å². The highest BCUT2D eigenvalue weighted by Crippen LogP contribution is 2.32. The molecular weight excluding hydrogens is 426 g/mol. The number of hydrogen-bond donors (Lipinski definition) is 2. The van der Waals surface area contributed by atoms with E-state index in [0.29, 0.717) is 18.1 Å². The second kappa shape index (κ2) is 9.65. The van der Waals surface area contributed by atoms with Crippen LogP contribution in [0.5, 0.6) is 11.5 Å². The number of benzene rings is 3. The molecule has 0 unspecified atom stereocenters. The van der Waals surface area contributed by atoms with Crippen molar-refractivity contribution in [1.82, 2.24) is 20.1 Å². The van der Waals surface area contributed by atoms with Crippen LogP contribution in [0.25, 0.3) is 22.2 Å². The van der Waals surface area contributed by atoms with Crippen LogP contribution in [0.15, 0.2) is 54.6 Å². The van der Waals surface area contributed by atoms with Gasteiger partial charge in [0.25, 0.3) is 0 Å². The quantitative estimate of drug-likeness (QED) is 0.395. The molecule has 7 heteroatoms. The maximum atomic E-state index is 9.93. The molecule has 3 aromatic carbocycles. The molecule has 0 amide bonds. The van der Waals surface area contributed by atoms with E-state index in [1.807, 2.05) is 56.3 Å². The smallest absolute Gasteiger partial charge is 0.247 e. The highest BCUT2D eigenvalue weighted by molar-refractivity contribution is 5.85. The van der Waals surface area contributed by atoms with Gasteiger partial charge >= 0.3 is 0 Å². The normalized spacial score (nSPS) is 13.9. The summed E-state index contributed by atoms with van der Waals surface area (Å²) >= 11 is 0. The Morgan fingerprint density at radius 1 is 0.882 bits per heavy atom. The number of nitrogens with one attached hydrogen (secondary N) is 1. The molecular formula is C27H29N5O2. The Kier molecular flexibility index (Phi) is 6.27. The Morgan fingerprint density at radius 3 is 2.44 bits per heavy atom. The monoisotopic (exact) mass is 455 g/mol. The fourth-order valence-electron chi connectivity index (χ4n) is 4.39. The van der Waals surface area contributed by atoms with E-state index in [4.69, 9.17) is 4.74 Å². The van der Waals surface area contributed by atoms with E-state index in [1.54, 1.807) is 12.1 Å². The summed E-state index contributed by atoms with van der Waals surface area (Å²) in [5.41, 5.74) is 6.47. The van der Waals surface area contributed by atoms with Crippen molar-refractivity contribution in [2.24, 2.45) is 0 Å². The van der Waals surface area contributed by atoms with Gasteiger partial charge in [0.2, 0.25) is 5.95 Å². The Bertz CT molecular complexity index is 1300. The Hall–Kier alpha value is -3.71. The fraction of sp³-hybridized carbons (Fsp3) is 0.296. The predicted molar refractivity (Wildman–Crippen MR) is 135 cm³/mol. The molecule has 0 aliphatic carbocycles. The van der Waals surface area contributed by atoms with Crippen molar-refractivity contribution >= 4 is 22.7 Å². The third kappa shape index (κ3) is 4.94. The molecule has 1 aliphatic heterocycles. The number of aryl methyl sites for hydroxylation is 2. The highest BCUT2D eigenvalue weighted by atomic mass is 16.5. The van der Waals surface area contributed by atoms with Crippen LogP contribution in [0, 0.1) is 13.8 Å². The fourth-order valence-corrected chi connectivity index (χ4v) is 4.39. The van der Waals surface area contributed by atoms with Crippen LogP contribution in [0.1, 0.15) is 24.0 Å². The first-order valence-corrected chi connectivity index (χ1v) is 11.7. The van der Waals surface area contributed by atoms with Gasteiger partial charge in [0.05, 0.1) is 5.52 Å². The minimum absolute atomic E-state index is 0.242. The van der Waals surface area contributed by atoms with Crippen molar-refractivity contribution in [1.29, 1.82) is 0 Å². The Morgan fingerprint density at radius 2 is 1.65 bits per heavy atom. The van der Waals surface area contributed by atoms with Crippen molar-refractivity contribution in [3.05, 3.63) is 65.7 Å². The lowest BCUT2D eigenvalue weighted by Crippen LogP contribution is -2.25. The van der Waals surface area contributed by atoms with Gasteiger partial charge in [-0.25, -0.2) is 4.98 Å². The van der Waals surface area contributed by atoms with Gasteiger partial charge in [-0.1, -0.05) is 6.07 Å². The van der Waals surface area contributed by atoms with Crippen molar-refractivity contribution < 1.29 is 9.84 Å². The van der Waals surface area contributed by atoms with Gasteiger partial charge in [-0.05, 0) is 111 Å². The maximum absolute atomic E-state index is 9.93. The molecule has 174 valence electrons. The number of aromatic nitrogens is 3. The molecule has 0 radical (unpaired) electrons. The molecule has 34 heavy (non-hydrogen) atoms. The minimum atomic E-state index is 0.242. The average Bonchev–Trinajstić information content (AvgIpc) is 3.35. The SMILES string of the molecule is Cc1ccc(O)cc1-c1cc2nnc(Nc3ccc(OCCN4CCCC4)cc3)nc2cc1C. The number of likely N-dealkylation sites (tertiary alicyclic amines) is 1. The first-order chi connectivity index (χ1) is 16.5. The largest absolute Gasteiger partial charge is 0.508 e. The molecule has 0 bridgehead atoms. The van der Waals surface area contributed by atoms with Gasteiger partial charge in [0.1, 0.15) is 23.6 Å². The summed E-state index contributed by atoms with van der Waals surface area (Å²) in [5, 5.41) is 21.8. The van der Waals surface area contributed by atoms with Gasteiger partial charge in [-0.15, -0.1) is 10.2 Å². The average molecular weight is 456 g/mol. The Balaban J connectivity index is 1.28. The van der Waals surface area contributed by atoms with Crippen LogP contribution in [-0.2, 0) is 0 Å². The summed E-state index contributed by atoms with van der Waals surface area (Å²) in [6.45, 7) is 8.11. The van der Waals surface area contributed by atoms with Crippen LogP contribution in [0.4, 0.5) is 11.6 Å². The summed E-state index contributed by atoms with van der Waals surface area (Å²) in [6.07, 6.45) is 2.59. The first-order valence-electron chi connectivity index (χ1n) is 11.7. The summed E-state index contributed by atoms with van der Waals surface area (Å²) in [5.74, 6) is 1.54. The number of rotatable bonds is 7. The molecule has 2 heterocycles. The van der Waals surface area contributed by atoms with Crippen molar-refractivity contribution in [2.75, 3.05) is 31.6 Å². The van der Waals surface area contributed by atoms with Gasteiger partial charge in [-0.2, -0.15) is 0 Å². The summed E-state index contributed by atoms with van der Waals surface area (Å²) < 4.78 is 5.88. The molecule has 1 aliphatic rings. The molecule has 5 rings (SSSR count). The van der Waals surface area contributed by atoms with Crippen molar-refractivity contribution in [3.8, 4) is 22.6 Å². The third-order valence-corrected chi connectivity index (χ3v) is 6.30. The van der Waals surface area contributed by atoms with E-state index in [0.717, 1.165) is 45.8 Å². The van der Waals surface area contributed by atoms with Gasteiger partial charge < -0.3 is 15.2 Å². The number of hydrogen-bond acceptors (Lipinski definition) is 7. The summed E-state index contributed by atoms with van der Waals surface area (Å²) in [6, 6.07) is 17.2. The van der Waals surface area contributed by atoms with Crippen molar-refractivity contribution in [3.63, 3.8) is 0 Å². The summed E-state index contributed by atoms with van der Waals surface area (Å²) in [4.78, 5) is 7.09. The van der Waals surface area contributed by atoms with E-state index in [-0.39, 0.29) is 5.75 Å². The number of anilines is 2. The van der Waals surface area contributed by atoms with E-state index in [9.17, 15) is 5.11 Å². The lowest BCUT2D eigenvalue weighted by molar-refractivity contribution is 0.238. The van der Waals surface area contributed by atoms with Crippen LogP contribution in [0.2, 0.25) is 0 Å². The molecule has 4 aromatic rings. The standard InChI is InChI=1S/C27H29N5O2/c1-18-5-8-21(33)16-23(18)24-17-26-25(15-19(24)2)29-27(31-30-26)28-20-6-9-22(10-7-20)34-14-13-32-11-3-4-12-32/h5-10,15-17,33H,3-4,11-14H2,1-2H3,(H,28,29,31). The summed E-state index contributed by atoms with van der Waals surface area (Å²) in [7, 11) is 0. The van der Waals surface area contributed by atoms with Crippen molar-refractivity contribution in [2.45, 2.75) is 26.7 Å². The van der Waals surface area contributed by atoms with Crippen LogP contribution < -0.4 is 10.1 Å². The van der Waals surface area contributed by atoms with E-state index < -0.39 is 0 Å². The second-order valence-corrected chi connectivity index (χ2v) is 8.84. The predicted octanol–water partition coefficient (Wildman–Crippen LogP) is 5.23. The van der Waals surface area contributed by atoms with Gasteiger partial charge in [-0.3, -0.25) is 4.90 Å². The number of aromatic hydroxyl groups is 1. The molecule has 0 atom stereocenters. The zero-order valence-corrected chi connectivity index (χ0v) is 19.6. The first kappa shape index (κ1) is 22.1. The van der Waals surface area contributed by atoms with Crippen LogP contribution in [0.3, 0.4) is 0 Å². The third-order valence-electron chi connectivity index (χ3n) is 6.30. The topological polar surface area (TPSA) is 83.4 Å². The number of phenolic OH excluding ortho intramolecular Hbond substituents is 1. The van der Waals surface area contributed by atoms with Gasteiger partial charge in [0, 0.05) is 12.2 Å². The van der Waals surface area contributed by atoms with Crippen LogP contribution in [-0.4, -0.2) is 51.4 Å². The van der Waals surface area contributed by atoms with E-state index in [2.05, 4.69) is 25.4 Å². The molecule has 1 saturated heterocycles. The zero-order chi connectivity index (χ0) is 23.5. The molecule has 1 aromatic heterocycles. The molecule has 0 saturated carbocycles. The maximum Gasteiger partial charge on any atom is 0.247 e. The van der Waals surface area contributed by atoms with E-state index >= 15 is 0 Å². The Labute approximate surface area is 199 Å². The van der Waals surface area contributed by atoms with E-state index in [1.165, 1.54) is 25.9 Å². The highest BCUT2D eigenvalue weighted by Gasteiger charge is 2.12. The number of nitrogens with zero attached hydrogens (tertiary/aromatic N) is 4. The molecule has 0 spiro atoms. The minimum Gasteiger partial charge on any atom is -0.508 e. The lowest BCUT2D eigenvalue weighted by Gasteiger charge is -2.15.